The second-order valence-corrected chi connectivity index (χ2v) is 7.85. The molecule has 1 saturated heterocycles. The minimum atomic E-state index is -0.0660. The Hall–Kier alpha value is -2.34. The van der Waals surface area contributed by atoms with Gasteiger partial charge in [0, 0.05) is 42.2 Å². The number of nitrogens with one attached hydrogen (secondary N) is 1. The largest absolute Gasteiger partial charge is 0.496 e. The van der Waals surface area contributed by atoms with E-state index in [1.165, 1.54) is 0 Å². The van der Waals surface area contributed by atoms with E-state index in [-0.39, 0.29) is 36.8 Å². The molecule has 1 aliphatic heterocycles. The Balaban J connectivity index is 0.00000136. The van der Waals surface area contributed by atoms with Gasteiger partial charge in [0.15, 0.2) is 0 Å². The van der Waals surface area contributed by atoms with Crippen molar-refractivity contribution in [2.75, 3.05) is 26.7 Å². The molecule has 1 aliphatic carbocycles. The summed E-state index contributed by atoms with van der Waals surface area (Å²) in [5.41, 5.74) is 3.76. The number of nitrogens with zero attached hydrogens (tertiary/aromatic N) is 2. The van der Waals surface area contributed by atoms with E-state index in [2.05, 4.69) is 11.4 Å². The minimum absolute atomic E-state index is 0. The zero-order valence-electron chi connectivity index (χ0n) is 17.4. The molecule has 1 unspecified atom stereocenters. The van der Waals surface area contributed by atoms with Crippen LogP contribution in [0.1, 0.15) is 46.4 Å². The summed E-state index contributed by atoms with van der Waals surface area (Å²) in [6.07, 6.45) is 2.33. The zero-order valence-corrected chi connectivity index (χ0v) is 19.0. The molecule has 5 nitrogen and oxygen atoms in total. The van der Waals surface area contributed by atoms with E-state index in [0.717, 1.165) is 52.9 Å². The van der Waals surface area contributed by atoms with Gasteiger partial charge in [-0.3, -0.25) is 9.78 Å². The molecule has 0 bridgehead atoms. The Morgan fingerprint density at radius 3 is 2.61 bits per heavy atom. The number of hydrogen-bond acceptors (Lipinski definition) is 4. The van der Waals surface area contributed by atoms with Gasteiger partial charge < -0.3 is 15.0 Å². The molecular weight excluding hydrogens is 433 g/mol. The molecule has 2 heterocycles. The summed E-state index contributed by atoms with van der Waals surface area (Å²) >= 11 is 0. The molecule has 7 heteroatoms. The summed E-state index contributed by atoms with van der Waals surface area (Å²) in [5.74, 6) is 1.39. The number of ether oxygens (including phenoxy) is 1. The zero-order chi connectivity index (χ0) is 19.8. The molecule has 1 N–H and O–H groups in total. The molecule has 164 valence electrons. The number of carbonyl (C=O) groups excluding carboxylic acids is 1. The lowest BCUT2D eigenvalue weighted by Crippen LogP contribution is -2.48. The maximum atomic E-state index is 13.8. The molecule has 1 aromatic heterocycles. The average molecular weight is 460 g/mol. The smallest absolute Gasteiger partial charge is 0.255 e. The number of amides is 1. The minimum Gasteiger partial charge on any atom is -0.496 e. The van der Waals surface area contributed by atoms with Crippen LogP contribution in [0.5, 0.6) is 5.75 Å². The van der Waals surface area contributed by atoms with E-state index in [1.807, 2.05) is 53.4 Å². The van der Waals surface area contributed by atoms with E-state index in [0.29, 0.717) is 19.0 Å². The third-order valence-corrected chi connectivity index (χ3v) is 5.96. The monoisotopic (exact) mass is 459 g/mol. The van der Waals surface area contributed by atoms with Crippen molar-refractivity contribution in [1.82, 2.24) is 15.2 Å². The topological polar surface area (TPSA) is 54.5 Å². The number of rotatable bonds is 4. The van der Waals surface area contributed by atoms with Crippen molar-refractivity contribution >= 4 is 41.6 Å². The molecule has 0 spiro atoms. The number of benzene rings is 2. The van der Waals surface area contributed by atoms with Gasteiger partial charge in [-0.15, -0.1) is 24.8 Å². The van der Waals surface area contributed by atoms with Crippen LogP contribution in [0.25, 0.3) is 10.9 Å². The maximum absolute atomic E-state index is 13.8. The van der Waals surface area contributed by atoms with E-state index >= 15 is 0 Å². The van der Waals surface area contributed by atoms with Gasteiger partial charge in [-0.2, -0.15) is 0 Å². The number of carbonyl (C=O) groups is 1. The Labute approximate surface area is 195 Å². The standard InChI is InChI=1S/C24H25N3O2.2ClH/c1-29-23-9-5-3-7-18(23)22-15-25-12-13-27(22)24(28)19-14-21(16-10-11-16)26-20-8-4-2-6-17(19)20;;/h2-9,14,16,22,25H,10-13,15H2,1H3;2*1H. The molecular formula is C24H27Cl2N3O2. The van der Waals surface area contributed by atoms with Crippen LogP contribution >= 0.6 is 24.8 Å². The van der Waals surface area contributed by atoms with Crippen molar-refractivity contribution in [3.05, 3.63) is 71.4 Å². The van der Waals surface area contributed by atoms with Crippen LogP contribution in [0, 0.1) is 0 Å². The van der Waals surface area contributed by atoms with E-state index in [4.69, 9.17) is 9.72 Å². The number of para-hydroxylation sites is 2. The number of halogens is 2. The van der Waals surface area contributed by atoms with Gasteiger partial charge in [-0.05, 0) is 31.0 Å². The van der Waals surface area contributed by atoms with Gasteiger partial charge >= 0.3 is 0 Å². The maximum Gasteiger partial charge on any atom is 0.255 e. The summed E-state index contributed by atoms with van der Waals surface area (Å²) in [4.78, 5) is 20.6. The molecule has 2 aliphatic rings. The Bertz CT molecular complexity index is 1070. The first-order chi connectivity index (χ1) is 14.3. The van der Waals surface area contributed by atoms with E-state index in [9.17, 15) is 4.79 Å². The molecule has 1 amide bonds. The first kappa shape index (κ1) is 23.3. The van der Waals surface area contributed by atoms with Crippen LogP contribution in [0.3, 0.4) is 0 Å². The molecule has 2 fully saturated rings. The second kappa shape index (κ2) is 9.86. The lowest BCUT2D eigenvalue weighted by Gasteiger charge is -2.37. The highest BCUT2D eigenvalue weighted by atomic mass is 35.5. The fourth-order valence-corrected chi connectivity index (χ4v) is 4.28. The van der Waals surface area contributed by atoms with Gasteiger partial charge in [0.05, 0.1) is 24.2 Å². The van der Waals surface area contributed by atoms with Gasteiger partial charge in [-0.25, -0.2) is 0 Å². The number of fused-ring (bicyclic) bond motifs is 1. The lowest BCUT2D eigenvalue weighted by molar-refractivity contribution is 0.0633. The summed E-state index contributed by atoms with van der Waals surface area (Å²) in [5, 5.41) is 4.37. The van der Waals surface area contributed by atoms with Crippen LogP contribution in [0.15, 0.2) is 54.6 Å². The van der Waals surface area contributed by atoms with Crippen LogP contribution in [0.4, 0.5) is 0 Å². The number of pyridine rings is 1. The molecule has 31 heavy (non-hydrogen) atoms. The number of hydrogen-bond donors (Lipinski definition) is 1. The van der Waals surface area contributed by atoms with Gasteiger partial charge in [0.1, 0.15) is 5.75 Å². The normalized spacial score (nSPS) is 18.1. The predicted molar refractivity (Wildman–Crippen MR) is 128 cm³/mol. The second-order valence-electron chi connectivity index (χ2n) is 7.85. The average Bonchev–Trinajstić information content (AvgIpc) is 3.63. The summed E-state index contributed by atoms with van der Waals surface area (Å²) < 4.78 is 5.59. The quantitative estimate of drug-likeness (QED) is 0.611. The molecule has 0 radical (unpaired) electrons. The third-order valence-electron chi connectivity index (χ3n) is 5.96. The van der Waals surface area contributed by atoms with Crippen LogP contribution in [0.2, 0.25) is 0 Å². The summed E-state index contributed by atoms with van der Waals surface area (Å²) in [6, 6.07) is 17.9. The number of piperazine rings is 1. The van der Waals surface area contributed by atoms with Crippen LogP contribution in [-0.4, -0.2) is 42.5 Å². The van der Waals surface area contributed by atoms with E-state index < -0.39 is 0 Å². The first-order valence-electron chi connectivity index (χ1n) is 10.3. The number of aromatic nitrogens is 1. The van der Waals surface area contributed by atoms with Crippen LogP contribution < -0.4 is 10.1 Å². The Kier molecular flexibility index (Phi) is 7.42. The lowest BCUT2D eigenvalue weighted by atomic mass is 9.99. The summed E-state index contributed by atoms with van der Waals surface area (Å²) in [7, 11) is 1.68. The Morgan fingerprint density at radius 2 is 1.84 bits per heavy atom. The van der Waals surface area contributed by atoms with Gasteiger partial charge in [0.25, 0.3) is 5.91 Å². The van der Waals surface area contributed by atoms with Crippen molar-refractivity contribution in [1.29, 1.82) is 0 Å². The van der Waals surface area contributed by atoms with E-state index in [1.54, 1.807) is 7.11 Å². The molecule has 2 aromatic carbocycles. The highest BCUT2D eigenvalue weighted by Gasteiger charge is 2.33. The molecule has 1 saturated carbocycles. The van der Waals surface area contributed by atoms with Gasteiger partial charge in [0.2, 0.25) is 0 Å². The fourth-order valence-electron chi connectivity index (χ4n) is 4.28. The molecule has 1 atom stereocenters. The highest BCUT2D eigenvalue weighted by molar-refractivity contribution is 6.06. The summed E-state index contributed by atoms with van der Waals surface area (Å²) in [6.45, 7) is 2.16. The Morgan fingerprint density at radius 1 is 1.10 bits per heavy atom. The SMILES string of the molecule is COc1ccccc1C1CNCCN1C(=O)c1cc(C2CC2)nc2ccccc12.Cl.Cl. The van der Waals surface area contributed by atoms with Crippen molar-refractivity contribution < 1.29 is 9.53 Å². The molecule has 5 rings (SSSR count). The first-order valence-corrected chi connectivity index (χ1v) is 10.3. The van der Waals surface area contributed by atoms with Gasteiger partial charge in [-0.1, -0.05) is 36.4 Å². The molecule has 3 aromatic rings. The predicted octanol–water partition coefficient (Wildman–Crippen LogP) is 4.75. The number of methoxy groups -OCH3 is 1. The van der Waals surface area contributed by atoms with Crippen LogP contribution in [-0.2, 0) is 0 Å². The highest BCUT2D eigenvalue weighted by Crippen LogP contribution is 2.40. The van der Waals surface area contributed by atoms with Crippen molar-refractivity contribution in [3.63, 3.8) is 0 Å². The third kappa shape index (κ3) is 4.49. The fraction of sp³-hybridized carbons (Fsp3) is 0.333. The van der Waals surface area contributed by atoms with Crippen molar-refractivity contribution in [2.24, 2.45) is 0 Å². The van der Waals surface area contributed by atoms with Crippen molar-refractivity contribution in [3.8, 4) is 5.75 Å². The van der Waals surface area contributed by atoms with Crippen molar-refractivity contribution in [2.45, 2.75) is 24.8 Å².